The van der Waals surface area contributed by atoms with Gasteiger partial charge >= 0.3 is 0 Å². The molecule has 0 aromatic carbocycles. The number of carbonyl (C=O) groups excluding carboxylic acids is 10. The Balaban J connectivity index is 6.74. The number of aliphatic hydroxyl groups excluding tert-OH is 2. The number of hydrogen-bond acceptors (Lipinski definition) is 22. The zero-order valence-electron chi connectivity index (χ0n) is 71.5. The van der Waals surface area contributed by atoms with Crippen molar-refractivity contribution >= 4 is 82.6 Å². The van der Waals surface area contributed by atoms with Crippen LogP contribution in [0.15, 0.2) is 24.3 Å². The quantitative estimate of drug-likeness (QED) is 0.0199. The van der Waals surface area contributed by atoms with E-state index in [9.17, 15) is 58.2 Å². The van der Waals surface area contributed by atoms with Crippen molar-refractivity contribution in [2.75, 3.05) is 82.0 Å². The van der Waals surface area contributed by atoms with Crippen molar-refractivity contribution in [3.05, 3.63) is 24.3 Å². The summed E-state index contributed by atoms with van der Waals surface area (Å²) in [6, 6.07) is -10.0. The fraction of sp³-hybridized carbons (Fsp3) is 0.833. The van der Waals surface area contributed by atoms with Crippen LogP contribution in [0.4, 0.5) is 0 Å². The molecule has 0 rings (SSSR count). The fourth-order valence-electron chi connectivity index (χ4n) is 12.7. The summed E-state index contributed by atoms with van der Waals surface area (Å²) < 4.78 is 0. The predicted molar refractivity (Wildman–Crippen MR) is 473 cm³/mol. The van der Waals surface area contributed by atoms with Gasteiger partial charge in [0, 0.05) is 49.2 Å². The molecule has 28 N–H and O–H groups in total. The first kappa shape index (κ1) is 110. The summed E-state index contributed by atoms with van der Waals surface area (Å²) in [5, 5.41) is 49.1. The summed E-state index contributed by atoms with van der Waals surface area (Å²) in [6.45, 7) is 6.36. The lowest BCUT2D eigenvalue weighted by Gasteiger charge is -2.26. The molecule has 0 bridgehead atoms. The third-order valence-corrected chi connectivity index (χ3v) is 22.5. The van der Waals surface area contributed by atoms with E-state index in [0.717, 1.165) is 96.3 Å². The van der Waals surface area contributed by atoms with Gasteiger partial charge in [-0.05, 0) is 180 Å². The second-order valence-corrected chi connectivity index (χ2v) is 33.1. The Labute approximate surface area is 705 Å². The minimum absolute atomic E-state index is 0.0634. The molecule has 0 radical (unpaired) electrons. The number of thioether (sulfide) groups is 2. The van der Waals surface area contributed by atoms with E-state index < -0.39 is 121 Å². The van der Waals surface area contributed by atoms with E-state index in [1.807, 2.05) is 0 Å². The van der Waals surface area contributed by atoms with Crippen molar-refractivity contribution in [1.82, 2.24) is 53.2 Å². The van der Waals surface area contributed by atoms with E-state index in [4.69, 9.17) is 45.9 Å². The van der Waals surface area contributed by atoms with E-state index in [-0.39, 0.29) is 73.6 Å². The van der Waals surface area contributed by atoms with Gasteiger partial charge in [0.05, 0.1) is 37.2 Å². The van der Waals surface area contributed by atoms with E-state index in [1.165, 1.54) is 101 Å². The lowest BCUT2D eigenvalue weighted by Crippen LogP contribution is -2.59. The third-order valence-electron chi connectivity index (χ3n) is 20.1. The topological polar surface area (TPSA) is 540 Å². The van der Waals surface area contributed by atoms with Crippen LogP contribution in [0, 0.1) is 0 Å². The number of aliphatic hydroxyl groups is 2. The molecule has 0 aliphatic carbocycles. The minimum atomic E-state index is -1.66. The zero-order valence-corrected chi connectivity index (χ0v) is 73.1. The van der Waals surface area contributed by atoms with Crippen LogP contribution in [-0.2, 0) is 47.9 Å². The number of allylic oxidation sites excluding steroid dienone is 4. The number of carbonyl (C=O) groups is 10. The highest BCUT2D eigenvalue weighted by atomic mass is 32.2. The van der Waals surface area contributed by atoms with E-state index in [0.29, 0.717) is 123 Å². The molecule has 116 heavy (non-hydrogen) atoms. The molecule has 0 saturated carbocycles. The average molecular weight is 1680 g/mol. The molecular formula is C84H164N18O12S2. The first-order chi connectivity index (χ1) is 56.1. The van der Waals surface area contributed by atoms with Gasteiger partial charge in [-0.15, -0.1) is 0 Å². The van der Waals surface area contributed by atoms with Gasteiger partial charge in [0.1, 0.15) is 36.4 Å². The second kappa shape index (κ2) is 78.0. The molecule has 10 unspecified atom stereocenters. The summed E-state index contributed by atoms with van der Waals surface area (Å²) in [5.74, 6) is -5.85. The molecular weight excluding hydrogens is 1520 g/mol. The molecule has 0 spiro atoms. The van der Waals surface area contributed by atoms with E-state index >= 15 is 0 Å². The van der Waals surface area contributed by atoms with Crippen molar-refractivity contribution in [2.24, 2.45) is 45.9 Å². The Bertz CT molecular complexity index is 2610. The van der Waals surface area contributed by atoms with Gasteiger partial charge in [0.15, 0.2) is 0 Å². The zero-order chi connectivity index (χ0) is 85.9. The van der Waals surface area contributed by atoms with E-state index in [2.05, 4.69) is 91.3 Å². The van der Waals surface area contributed by atoms with Crippen LogP contribution in [0.2, 0.25) is 0 Å². The maximum absolute atomic E-state index is 14.6. The lowest BCUT2D eigenvalue weighted by atomic mass is 10.1. The van der Waals surface area contributed by atoms with Gasteiger partial charge in [0.2, 0.25) is 59.1 Å². The summed E-state index contributed by atoms with van der Waals surface area (Å²) >= 11 is 2.43. The van der Waals surface area contributed by atoms with Crippen molar-refractivity contribution in [3.63, 3.8) is 0 Å². The van der Waals surface area contributed by atoms with Crippen LogP contribution in [0.1, 0.15) is 303 Å². The number of nitrogens with one attached hydrogen (secondary N) is 10. The minimum Gasteiger partial charge on any atom is -0.394 e. The molecule has 0 heterocycles. The van der Waals surface area contributed by atoms with Crippen molar-refractivity contribution in [2.45, 2.75) is 363 Å². The highest BCUT2D eigenvalue weighted by molar-refractivity contribution is 8.03. The van der Waals surface area contributed by atoms with Crippen LogP contribution in [-0.4, -0.2) is 212 Å². The van der Waals surface area contributed by atoms with Crippen LogP contribution in [0.3, 0.4) is 0 Å². The predicted octanol–water partition coefficient (Wildman–Crippen LogP) is 5.62. The Morgan fingerprint density at radius 3 is 0.957 bits per heavy atom. The molecule has 10 amide bonds. The van der Waals surface area contributed by atoms with Gasteiger partial charge in [-0.3, -0.25) is 47.9 Å². The number of rotatable bonds is 81. The maximum atomic E-state index is 14.6. The van der Waals surface area contributed by atoms with Crippen molar-refractivity contribution in [3.8, 4) is 0 Å². The number of nitrogens with two attached hydrogens (primary N) is 8. The van der Waals surface area contributed by atoms with Crippen molar-refractivity contribution < 1.29 is 58.2 Å². The summed E-state index contributed by atoms with van der Waals surface area (Å²) in [5.41, 5.74) is 47.3. The molecule has 10 atom stereocenters. The smallest absolute Gasteiger partial charge is 0.245 e. The molecule has 0 saturated heterocycles. The average Bonchev–Trinajstić information content (AvgIpc) is 0.873. The van der Waals surface area contributed by atoms with Crippen LogP contribution < -0.4 is 99.0 Å². The largest absolute Gasteiger partial charge is 0.394 e. The van der Waals surface area contributed by atoms with Gasteiger partial charge in [-0.25, -0.2) is 0 Å². The molecule has 32 heteroatoms. The fourth-order valence-corrected chi connectivity index (χ4v) is 14.9. The normalized spacial score (nSPS) is 14.1. The first-order valence-electron chi connectivity index (χ1n) is 44.6. The highest BCUT2D eigenvalue weighted by Gasteiger charge is 2.33. The van der Waals surface area contributed by atoms with Gasteiger partial charge in [-0.1, -0.05) is 167 Å². The summed E-state index contributed by atoms with van der Waals surface area (Å²) in [6.07, 6.45) is 45.1. The van der Waals surface area contributed by atoms with Crippen LogP contribution in [0.25, 0.3) is 0 Å². The Morgan fingerprint density at radius 2 is 0.586 bits per heavy atom. The number of unbranched alkanes of at least 4 members (excludes halogenated alkanes) is 28. The third kappa shape index (κ3) is 62.6. The van der Waals surface area contributed by atoms with E-state index in [1.54, 1.807) is 0 Å². The molecule has 0 aliphatic rings. The number of amides is 10. The molecule has 30 nitrogen and oxygen atoms in total. The van der Waals surface area contributed by atoms with Crippen LogP contribution in [0.5, 0.6) is 0 Å². The highest BCUT2D eigenvalue weighted by Crippen LogP contribution is 2.17. The first-order valence-corrected chi connectivity index (χ1v) is 46.9. The SMILES string of the molecule is CCCCCCCC/C=C/CCCCCCCCNC(=O)CC(O)NC(=O)C(CSCCSCC(NC(=O)C(CCCCNC(=O)C(N)CCCN)NC(=O)C(N)CCCCN)C(=O)NC(CO)C(=O)NCCCCCCCC/C=C/CCCCCCCC)NC(=O)C(CCCCNC(=O)C(N)CCCN)NC(=O)C(N)CCCCN. The van der Waals surface area contributed by atoms with Crippen molar-refractivity contribution in [1.29, 1.82) is 0 Å². The van der Waals surface area contributed by atoms with Gasteiger partial charge in [0.25, 0.3) is 0 Å². The van der Waals surface area contributed by atoms with Crippen LogP contribution >= 0.6 is 23.5 Å². The Kier molecular flexibility index (Phi) is 74.3. The second-order valence-electron chi connectivity index (χ2n) is 30.8. The monoisotopic (exact) mass is 1680 g/mol. The molecule has 0 fully saturated rings. The standard InChI is InChI=1S/C84H164N18O12S2/c1-3-5-7-9-11-13-15-17-19-21-23-25-27-29-31-39-55-93-74(104)61-75(105)102-84(114)73(101-82(112)70(98-79(109)68(92)46-34-38-52-86)50-36-42-58-95-77(107)66(90)48-44-54-88)64-116-60-59-115-63-72(83(113)99-71(62-103)80(110)96-56-40-32-30-28-26-24-22-20-18-16-14-12-10-8-6-4-2)100-81(111)69(97-78(108)67(91)45-33-37-51-85)49-35-41-57-94-76(106)65(89)47-43-53-87/h17-20,65-73,75,103,105H,3-16,21-64,85-92H2,1-2H3,(H,93,104)(H,94,106)(H,95,107)(H,96,110)(H,97,108)(H,98,109)(H,99,113)(H,100,111)(H,101,112)(H,102,114)/b19-17+,20-18+. The Hall–Kier alpha value is -5.52. The molecule has 0 aliphatic heterocycles. The molecule has 0 aromatic rings. The molecule has 674 valence electrons. The number of hydrogen-bond donors (Lipinski definition) is 20. The summed E-state index contributed by atoms with van der Waals surface area (Å²) in [7, 11) is 0. The van der Waals surface area contributed by atoms with Gasteiger partial charge < -0.3 is 109 Å². The molecule has 0 aromatic heterocycles. The lowest BCUT2D eigenvalue weighted by molar-refractivity contribution is -0.134. The van der Waals surface area contributed by atoms with Gasteiger partial charge in [-0.2, -0.15) is 23.5 Å². The summed E-state index contributed by atoms with van der Waals surface area (Å²) in [4.78, 5) is 137. The Morgan fingerprint density at radius 1 is 0.302 bits per heavy atom. The maximum Gasteiger partial charge on any atom is 0.245 e.